The molecule has 1 amide bonds. The summed E-state index contributed by atoms with van der Waals surface area (Å²) in [7, 11) is 3.30. The number of amides is 1. The lowest BCUT2D eigenvalue weighted by atomic mass is 10.0. The molecule has 0 N–H and O–H groups in total. The third-order valence-corrected chi connectivity index (χ3v) is 5.54. The second-order valence-corrected chi connectivity index (χ2v) is 6.77. The van der Waals surface area contributed by atoms with E-state index in [0.717, 1.165) is 0 Å². The molecule has 122 valence electrons. The molecule has 4 heteroatoms. The van der Waals surface area contributed by atoms with Gasteiger partial charge < -0.3 is 4.74 Å². The zero-order valence-electron chi connectivity index (χ0n) is 13.9. The van der Waals surface area contributed by atoms with Gasteiger partial charge in [0.1, 0.15) is 6.04 Å². The van der Waals surface area contributed by atoms with E-state index in [-0.39, 0.29) is 16.4 Å². The zero-order valence-corrected chi connectivity index (χ0v) is 13.9. The molecule has 0 saturated carbocycles. The highest BCUT2D eigenvalue weighted by Gasteiger charge is 2.55. The Morgan fingerprint density at radius 1 is 1.04 bits per heavy atom. The molecule has 4 rings (SSSR count). The van der Waals surface area contributed by atoms with Crippen molar-refractivity contribution < 1.29 is 18.8 Å². The molecule has 1 fully saturated rings. The summed E-state index contributed by atoms with van der Waals surface area (Å²) in [4.78, 5) is 25.1. The van der Waals surface area contributed by atoms with Crippen molar-refractivity contribution in [1.82, 2.24) is 0 Å². The number of esters is 1. The lowest BCUT2D eigenvalue weighted by molar-refractivity contribution is -0.852. The average Bonchev–Trinajstić information content (AvgIpc) is 3.10. The van der Waals surface area contributed by atoms with Crippen molar-refractivity contribution >= 4 is 11.9 Å². The summed E-state index contributed by atoms with van der Waals surface area (Å²) < 4.78 is 5.06. The molecule has 2 aromatic carbocycles. The van der Waals surface area contributed by atoms with Gasteiger partial charge in [0, 0.05) is 17.5 Å². The van der Waals surface area contributed by atoms with Gasteiger partial charge in [0.25, 0.3) is 0 Å². The third kappa shape index (κ3) is 1.89. The fourth-order valence-corrected chi connectivity index (χ4v) is 4.35. The normalized spacial score (nSPS) is 25.4. The quantitative estimate of drug-likeness (QED) is 0.485. The first-order chi connectivity index (χ1) is 11.6. The van der Waals surface area contributed by atoms with Crippen LogP contribution in [0.5, 0.6) is 0 Å². The summed E-state index contributed by atoms with van der Waals surface area (Å²) >= 11 is 0. The average molecular weight is 322 g/mol. The summed E-state index contributed by atoms with van der Waals surface area (Å²) in [6.45, 7) is 0.645. The number of likely N-dealkylation sites (tertiary alicyclic amines) is 1. The molecule has 1 aliphatic carbocycles. The van der Waals surface area contributed by atoms with E-state index in [9.17, 15) is 9.59 Å². The van der Waals surface area contributed by atoms with Crippen molar-refractivity contribution in [3.8, 4) is 11.1 Å². The largest absolute Gasteiger partial charge is 0.468 e. The molecule has 0 aromatic heterocycles. The first-order valence-electron chi connectivity index (χ1n) is 8.23. The smallest absolute Gasteiger partial charge is 0.328 e. The van der Waals surface area contributed by atoms with Gasteiger partial charge in [-0.1, -0.05) is 48.5 Å². The first-order valence-corrected chi connectivity index (χ1v) is 8.23. The van der Waals surface area contributed by atoms with Gasteiger partial charge in [-0.25, -0.2) is 4.79 Å². The molecule has 0 spiro atoms. The van der Waals surface area contributed by atoms with Gasteiger partial charge in [-0.05, 0) is 11.1 Å². The van der Waals surface area contributed by atoms with E-state index in [0.29, 0.717) is 13.0 Å². The Morgan fingerprint density at radius 3 is 2.12 bits per heavy atom. The molecule has 2 aliphatic rings. The van der Waals surface area contributed by atoms with Gasteiger partial charge in [0.05, 0.1) is 20.7 Å². The van der Waals surface area contributed by atoms with Crippen LogP contribution in [-0.2, 0) is 14.3 Å². The van der Waals surface area contributed by atoms with Gasteiger partial charge >= 0.3 is 11.9 Å². The minimum Gasteiger partial charge on any atom is -0.468 e. The Kier molecular flexibility index (Phi) is 3.32. The fraction of sp³-hybridized carbons (Fsp3) is 0.300. The highest BCUT2D eigenvalue weighted by molar-refractivity contribution is 5.96. The molecule has 2 atom stereocenters. The van der Waals surface area contributed by atoms with Crippen LogP contribution in [-0.4, -0.2) is 37.1 Å². The van der Waals surface area contributed by atoms with E-state index in [1.54, 1.807) is 0 Å². The van der Waals surface area contributed by atoms with Crippen molar-refractivity contribution in [3.63, 3.8) is 0 Å². The maximum atomic E-state index is 13.1. The number of quaternary nitrogens is 1. The Bertz CT molecular complexity index is 799. The van der Waals surface area contributed by atoms with Gasteiger partial charge in [-0.2, -0.15) is 0 Å². The number of ether oxygens (including phenoxy) is 1. The highest BCUT2D eigenvalue weighted by atomic mass is 16.5. The van der Waals surface area contributed by atoms with Crippen LogP contribution in [0.4, 0.5) is 0 Å². The number of fused-ring (bicyclic) bond motifs is 3. The molecular formula is C20H20NO3+. The molecular weight excluding hydrogens is 302 g/mol. The van der Waals surface area contributed by atoms with E-state index >= 15 is 0 Å². The SMILES string of the molecule is COC(=O)C1CC[N+](C)(C2c3ccccc3-c3ccccc32)C1=O. The summed E-state index contributed by atoms with van der Waals surface area (Å²) in [6, 6.07) is 16.5. The van der Waals surface area contributed by atoms with E-state index in [1.807, 2.05) is 31.3 Å². The number of carbonyl (C=O) groups is 2. The highest BCUT2D eigenvalue weighted by Crippen LogP contribution is 2.50. The van der Waals surface area contributed by atoms with Gasteiger partial charge in [-0.3, -0.25) is 9.28 Å². The molecule has 2 unspecified atom stereocenters. The van der Waals surface area contributed by atoms with Crippen LogP contribution in [0.15, 0.2) is 48.5 Å². The minimum atomic E-state index is -0.653. The zero-order chi connectivity index (χ0) is 16.9. The number of carbonyl (C=O) groups excluding carboxylic acids is 2. The van der Waals surface area contributed by atoms with E-state index in [1.165, 1.54) is 29.4 Å². The predicted octanol–water partition coefficient (Wildman–Crippen LogP) is 2.92. The van der Waals surface area contributed by atoms with Gasteiger partial charge in [-0.15, -0.1) is 0 Å². The Balaban J connectivity index is 1.85. The van der Waals surface area contributed by atoms with E-state index in [2.05, 4.69) is 24.3 Å². The molecule has 4 nitrogen and oxygen atoms in total. The monoisotopic (exact) mass is 322 g/mol. The maximum Gasteiger partial charge on any atom is 0.328 e. The van der Waals surface area contributed by atoms with Crippen molar-refractivity contribution in [2.45, 2.75) is 12.5 Å². The van der Waals surface area contributed by atoms with Crippen LogP contribution < -0.4 is 0 Å². The van der Waals surface area contributed by atoms with Gasteiger partial charge in [0.15, 0.2) is 5.92 Å². The summed E-state index contributed by atoms with van der Waals surface area (Å²) in [6.07, 6.45) is 0.544. The number of benzene rings is 2. The van der Waals surface area contributed by atoms with Crippen molar-refractivity contribution in [2.24, 2.45) is 5.92 Å². The van der Waals surface area contributed by atoms with Crippen molar-refractivity contribution in [1.29, 1.82) is 0 Å². The number of rotatable bonds is 2. The van der Waals surface area contributed by atoms with Crippen LogP contribution in [0.25, 0.3) is 11.1 Å². The van der Waals surface area contributed by atoms with Crippen molar-refractivity contribution in [3.05, 3.63) is 59.7 Å². The minimum absolute atomic E-state index is 0.0432. The van der Waals surface area contributed by atoms with Crippen LogP contribution in [0.3, 0.4) is 0 Å². The Hall–Kier alpha value is -2.46. The van der Waals surface area contributed by atoms with E-state index in [4.69, 9.17) is 4.74 Å². The van der Waals surface area contributed by atoms with Crippen LogP contribution in [0.2, 0.25) is 0 Å². The number of nitrogens with zero attached hydrogens (tertiary/aromatic N) is 1. The van der Waals surface area contributed by atoms with Gasteiger partial charge in [0.2, 0.25) is 0 Å². The van der Waals surface area contributed by atoms with E-state index < -0.39 is 11.9 Å². The lowest BCUT2D eigenvalue weighted by Crippen LogP contribution is -2.49. The number of hydrogen-bond acceptors (Lipinski definition) is 3. The summed E-state index contributed by atoms with van der Waals surface area (Å²) in [5.74, 6) is -1.11. The fourth-order valence-electron chi connectivity index (χ4n) is 4.35. The standard InChI is InChI=1S/C20H20NO3/c1-21(12-11-17(19(21)22)20(23)24-2)18-15-9-5-3-7-13(15)14-8-4-6-10-16(14)18/h3-10,17-18H,11-12H2,1-2H3/q+1. The number of methoxy groups -OCH3 is 1. The second kappa shape index (κ2) is 5.28. The summed E-state index contributed by atoms with van der Waals surface area (Å²) in [5.41, 5.74) is 4.71. The lowest BCUT2D eigenvalue weighted by Gasteiger charge is -2.34. The molecule has 2 aromatic rings. The topological polar surface area (TPSA) is 43.4 Å². The summed E-state index contributed by atoms with van der Waals surface area (Å²) in [5, 5.41) is 0. The second-order valence-electron chi connectivity index (χ2n) is 6.77. The van der Waals surface area contributed by atoms with Crippen molar-refractivity contribution in [2.75, 3.05) is 20.7 Å². The predicted molar refractivity (Wildman–Crippen MR) is 89.9 cm³/mol. The van der Waals surface area contributed by atoms with Crippen LogP contribution in [0, 0.1) is 5.92 Å². The Labute approximate surface area is 141 Å². The molecule has 0 radical (unpaired) electrons. The molecule has 1 heterocycles. The molecule has 1 aliphatic heterocycles. The molecule has 24 heavy (non-hydrogen) atoms. The maximum absolute atomic E-state index is 13.1. The number of hydrogen-bond donors (Lipinski definition) is 0. The molecule has 0 bridgehead atoms. The van der Waals surface area contributed by atoms with Crippen LogP contribution >= 0.6 is 0 Å². The third-order valence-electron chi connectivity index (χ3n) is 5.54. The first kappa shape index (κ1) is 15.1. The molecule has 1 saturated heterocycles. The Morgan fingerprint density at radius 2 is 1.58 bits per heavy atom. The van der Waals surface area contributed by atoms with Crippen LogP contribution in [0.1, 0.15) is 23.6 Å².